The van der Waals surface area contributed by atoms with E-state index in [1.54, 1.807) is 12.3 Å². The van der Waals surface area contributed by atoms with E-state index in [1.807, 2.05) is 29.2 Å². The van der Waals surface area contributed by atoms with Crippen LogP contribution in [0.1, 0.15) is 41.8 Å². The van der Waals surface area contributed by atoms with E-state index in [4.69, 9.17) is 15.0 Å². The SMILES string of the molecule is COC(=O)Nc1cc(COc2cc(-c3ccc(C(=O)N4CCC(N5CCCC5)CC4)cc3)cnc2N)on1. The number of piperidine rings is 1. The number of benzene rings is 1. The number of hydrogen-bond donors (Lipinski definition) is 2. The maximum Gasteiger partial charge on any atom is 0.412 e. The van der Waals surface area contributed by atoms with Gasteiger partial charge in [0.1, 0.15) is 6.61 Å². The summed E-state index contributed by atoms with van der Waals surface area (Å²) in [6.07, 6.45) is 5.68. The third-order valence-electron chi connectivity index (χ3n) is 7.10. The quantitative estimate of drug-likeness (QED) is 0.477. The van der Waals surface area contributed by atoms with Gasteiger partial charge in [0.15, 0.2) is 23.1 Å². The number of methoxy groups -OCH3 is 1. The number of ether oxygens (including phenoxy) is 2. The van der Waals surface area contributed by atoms with Crippen LogP contribution in [0.15, 0.2) is 47.1 Å². The highest BCUT2D eigenvalue weighted by Gasteiger charge is 2.28. The van der Waals surface area contributed by atoms with Crippen LogP contribution < -0.4 is 15.8 Å². The van der Waals surface area contributed by atoms with Crippen molar-refractivity contribution in [2.75, 3.05) is 44.3 Å². The Balaban J connectivity index is 1.19. The first kappa shape index (κ1) is 25.5. The molecular weight excluding hydrogens is 488 g/mol. The molecule has 2 aromatic heterocycles. The summed E-state index contributed by atoms with van der Waals surface area (Å²) in [4.78, 5) is 33.2. The predicted molar refractivity (Wildman–Crippen MR) is 141 cm³/mol. The first-order valence-electron chi connectivity index (χ1n) is 12.8. The minimum Gasteiger partial charge on any atom is -0.482 e. The molecule has 0 radical (unpaired) electrons. The fourth-order valence-corrected chi connectivity index (χ4v) is 5.00. The van der Waals surface area contributed by atoms with Gasteiger partial charge in [-0.25, -0.2) is 9.78 Å². The van der Waals surface area contributed by atoms with Crippen LogP contribution in [0.2, 0.25) is 0 Å². The van der Waals surface area contributed by atoms with Crippen LogP contribution in [-0.2, 0) is 11.3 Å². The fraction of sp³-hybridized carbons (Fsp3) is 0.407. The molecule has 0 saturated carbocycles. The molecule has 38 heavy (non-hydrogen) atoms. The van der Waals surface area contributed by atoms with Gasteiger partial charge in [-0.3, -0.25) is 10.1 Å². The molecule has 2 aliphatic rings. The van der Waals surface area contributed by atoms with E-state index in [-0.39, 0.29) is 24.1 Å². The number of nitrogens with zero attached hydrogens (tertiary/aromatic N) is 4. The van der Waals surface area contributed by atoms with Gasteiger partial charge in [0.25, 0.3) is 5.91 Å². The number of amides is 2. The van der Waals surface area contributed by atoms with Crippen molar-refractivity contribution in [3.8, 4) is 16.9 Å². The molecule has 0 aliphatic carbocycles. The van der Waals surface area contributed by atoms with Crippen LogP contribution in [0.5, 0.6) is 5.75 Å². The highest BCUT2D eigenvalue weighted by Crippen LogP contribution is 2.29. The number of nitrogens with two attached hydrogens (primary N) is 1. The molecule has 2 fully saturated rings. The molecule has 2 aliphatic heterocycles. The van der Waals surface area contributed by atoms with E-state index >= 15 is 0 Å². The molecule has 0 spiro atoms. The van der Waals surface area contributed by atoms with Crippen molar-refractivity contribution in [2.45, 2.75) is 38.3 Å². The lowest BCUT2D eigenvalue weighted by Crippen LogP contribution is -2.45. The van der Waals surface area contributed by atoms with E-state index in [0.29, 0.717) is 23.1 Å². The van der Waals surface area contributed by atoms with Crippen LogP contribution >= 0.6 is 0 Å². The third kappa shape index (κ3) is 5.88. The molecule has 5 rings (SSSR count). The van der Waals surface area contributed by atoms with Crippen molar-refractivity contribution in [2.24, 2.45) is 0 Å². The van der Waals surface area contributed by atoms with Crippen LogP contribution in [0.4, 0.5) is 16.4 Å². The van der Waals surface area contributed by atoms with Gasteiger partial charge >= 0.3 is 6.09 Å². The highest BCUT2D eigenvalue weighted by atomic mass is 16.5. The van der Waals surface area contributed by atoms with E-state index in [9.17, 15) is 9.59 Å². The van der Waals surface area contributed by atoms with Crippen molar-refractivity contribution in [3.05, 3.63) is 53.9 Å². The van der Waals surface area contributed by atoms with Gasteiger partial charge < -0.3 is 29.5 Å². The van der Waals surface area contributed by atoms with Gasteiger partial charge in [0.2, 0.25) is 0 Å². The molecule has 0 bridgehead atoms. The Kier molecular flexibility index (Phi) is 7.73. The molecule has 2 saturated heterocycles. The van der Waals surface area contributed by atoms with Crippen LogP contribution in [0, 0.1) is 0 Å². The summed E-state index contributed by atoms with van der Waals surface area (Å²) in [7, 11) is 1.26. The Morgan fingerprint density at radius 2 is 1.82 bits per heavy atom. The summed E-state index contributed by atoms with van der Waals surface area (Å²) in [6.45, 7) is 4.03. The van der Waals surface area contributed by atoms with Gasteiger partial charge in [0, 0.05) is 42.5 Å². The van der Waals surface area contributed by atoms with Crippen molar-refractivity contribution in [3.63, 3.8) is 0 Å². The van der Waals surface area contributed by atoms with Crippen LogP contribution in [-0.4, -0.2) is 71.3 Å². The number of hydrogen-bond acceptors (Lipinski definition) is 9. The van der Waals surface area contributed by atoms with Crippen LogP contribution in [0.25, 0.3) is 11.1 Å². The zero-order chi connectivity index (χ0) is 26.5. The second kappa shape index (κ2) is 11.5. The molecule has 4 heterocycles. The van der Waals surface area contributed by atoms with Crippen molar-refractivity contribution < 1.29 is 23.6 Å². The van der Waals surface area contributed by atoms with Crippen molar-refractivity contribution in [1.29, 1.82) is 0 Å². The Labute approximate surface area is 220 Å². The van der Waals surface area contributed by atoms with Crippen molar-refractivity contribution >= 4 is 23.6 Å². The summed E-state index contributed by atoms with van der Waals surface area (Å²) in [5.74, 6) is 1.27. The lowest BCUT2D eigenvalue weighted by molar-refractivity contribution is 0.0644. The molecule has 2 amide bonds. The number of nitrogen functional groups attached to an aromatic ring is 1. The first-order valence-corrected chi connectivity index (χ1v) is 12.8. The molecule has 3 N–H and O–H groups in total. The molecule has 11 nitrogen and oxygen atoms in total. The summed E-state index contributed by atoms with van der Waals surface area (Å²) in [6, 6.07) is 11.4. The molecular formula is C27H32N6O5. The molecule has 200 valence electrons. The summed E-state index contributed by atoms with van der Waals surface area (Å²) in [5.41, 5.74) is 8.37. The number of carbonyl (C=O) groups is 2. The Morgan fingerprint density at radius 1 is 1.08 bits per heavy atom. The average molecular weight is 521 g/mol. The normalized spacial score (nSPS) is 16.4. The monoisotopic (exact) mass is 520 g/mol. The lowest BCUT2D eigenvalue weighted by Gasteiger charge is -2.36. The fourth-order valence-electron chi connectivity index (χ4n) is 5.00. The van der Waals surface area contributed by atoms with Gasteiger partial charge in [-0.1, -0.05) is 17.3 Å². The zero-order valence-electron chi connectivity index (χ0n) is 21.4. The maximum absolute atomic E-state index is 13.1. The predicted octanol–water partition coefficient (Wildman–Crippen LogP) is 3.78. The van der Waals surface area contributed by atoms with Gasteiger partial charge in [-0.2, -0.15) is 0 Å². The number of nitrogens with one attached hydrogen (secondary N) is 1. The summed E-state index contributed by atoms with van der Waals surface area (Å²) in [5, 5.41) is 6.15. The number of carbonyl (C=O) groups excluding carboxylic acids is 2. The minimum absolute atomic E-state index is 0.0348. The van der Waals surface area contributed by atoms with Crippen LogP contribution in [0.3, 0.4) is 0 Å². The molecule has 1 aromatic carbocycles. The number of rotatable bonds is 7. The molecule has 11 heteroatoms. The smallest absolute Gasteiger partial charge is 0.412 e. The maximum atomic E-state index is 13.1. The topological polar surface area (TPSA) is 136 Å². The van der Waals surface area contributed by atoms with Gasteiger partial charge in [-0.05, 0) is 62.5 Å². The number of likely N-dealkylation sites (tertiary alicyclic amines) is 2. The van der Waals surface area contributed by atoms with E-state index < -0.39 is 6.09 Å². The van der Waals surface area contributed by atoms with Gasteiger partial charge in [-0.15, -0.1) is 0 Å². The molecule has 0 atom stereocenters. The third-order valence-corrected chi connectivity index (χ3v) is 7.10. The van der Waals surface area contributed by atoms with Gasteiger partial charge in [0.05, 0.1) is 7.11 Å². The highest BCUT2D eigenvalue weighted by molar-refractivity contribution is 5.94. The lowest BCUT2D eigenvalue weighted by atomic mass is 10.0. The number of pyridine rings is 1. The summed E-state index contributed by atoms with van der Waals surface area (Å²) < 4.78 is 15.5. The second-order valence-electron chi connectivity index (χ2n) is 9.53. The Morgan fingerprint density at radius 3 is 2.53 bits per heavy atom. The van der Waals surface area contributed by atoms with E-state index in [1.165, 1.54) is 39.1 Å². The van der Waals surface area contributed by atoms with E-state index in [2.05, 4.69) is 25.1 Å². The number of anilines is 2. The first-order chi connectivity index (χ1) is 18.5. The van der Waals surface area contributed by atoms with E-state index in [0.717, 1.165) is 37.1 Å². The number of aromatic nitrogens is 2. The standard InChI is InChI=1S/C27H32N6O5/c1-36-27(35)30-24-15-22(38-31-24)17-37-23-14-20(16-29-25(23)28)18-4-6-19(7-5-18)26(34)33-12-8-21(9-13-33)32-10-2-3-11-32/h4-7,14-16,21H,2-3,8-13,17H2,1H3,(H2,28,29)(H,30,31,35). The Bertz CT molecular complexity index is 1260. The largest absolute Gasteiger partial charge is 0.482 e. The molecule has 0 unspecified atom stereocenters. The average Bonchev–Trinajstić information content (AvgIpc) is 3.65. The molecule has 3 aromatic rings. The second-order valence-corrected chi connectivity index (χ2v) is 9.53. The summed E-state index contributed by atoms with van der Waals surface area (Å²) >= 11 is 0. The van der Waals surface area contributed by atoms with Crippen molar-refractivity contribution in [1.82, 2.24) is 19.9 Å². The Hall–Kier alpha value is -4.12. The zero-order valence-corrected chi connectivity index (χ0v) is 21.4. The minimum atomic E-state index is -0.651.